The Balaban J connectivity index is 2.92. The van der Waals surface area contributed by atoms with Gasteiger partial charge in [-0.2, -0.15) is 8.78 Å². The van der Waals surface area contributed by atoms with E-state index >= 15 is 0 Å². The normalized spacial score (nSPS) is 13.3. The molecule has 0 aliphatic rings. The van der Waals surface area contributed by atoms with E-state index in [2.05, 4.69) is 10.1 Å². The summed E-state index contributed by atoms with van der Waals surface area (Å²) in [6, 6.07) is 4.33. The molecule has 0 heterocycles. The first-order valence-electron chi connectivity index (χ1n) is 8.56. The third-order valence-corrected chi connectivity index (χ3v) is 3.70. The van der Waals surface area contributed by atoms with E-state index in [1.54, 1.807) is 13.8 Å². The van der Waals surface area contributed by atoms with Gasteiger partial charge in [0, 0.05) is 6.08 Å². The molecule has 0 aliphatic carbocycles. The smallest absolute Gasteiger partial charge is 0.387 e. The van der Waals surface area contributed by atoms with Crippen LogP contribution in [0.25, 0.3) is 6.08 Å². The van der Waals surface area contributed by atoms with Gasteiger partial charge in [-0.3, -0.25) is 4.79 Å². The predicted molar refractivity (Wildman–Crippen MR) is 96.7 cm³/mol. The van der Waals surface area contributed by atoms with Crippen LogP contribution in [0, 0.1) is 0 Å². The highest BCUT2D eigenvalue weighted by Crippen LogP contribution is 2.30. The van der Waals surface area contributed by atoms with Crippen LogP contribution in [-0.4, -0.2) is 37.7 Å². The van der Waals surface area contributed by atoms with Crippen molar-refractivity contribution in [2.45, 2.75) is 45.8 Å². The molecule has 8 heteroatoms. The van der Waals surface area contributed by atoms with Crippen molar-refractivity contribution in [1.29, 1.82) is 0 Å². The summed E-state index contributed by atoms with van der Waals surface area (Å²) in [5.74, 6) is -0.958. The van der Waals surface area contributed by atoms with Gasteiger partial charge in [0.25, 0.3) is 0 Å². The molecule has 0 aliphatic heterocycles. The summed E-state index contributed by atoms with van der Waals surface area (Å²) in [7, 11) is 1.26. The largest absolute Gasteiger partial charge is 0.490 e. The molecule has 0 aromatic heterocycles. The average molecular weight is 385 g/mol. The molecule has 1 atom stereocenters. The fraction of sp³-hybridized carbons (Fsp3) is 0.474. The predicted octanol–water partition coefficient (Wildman–Crippen LogP) is 3.55. The number of hydrogen-bond donors (Lipinski definition) is 1. The van der Waals surface area contributed by atoms with E-state index in [1.807, 2.05) is 6.92 Å². The minimum absolute atomic E-state index is 0.0883. The van der Waals surface area contributed by atoms with E-state index in [-0.39, 0.29) is 18.1 Å². The fourth-order valence-corrected chi connectivity index (χ4v) is 2.52. The van der Waals surface area contributed by atoms with Crippen LogP contribution in [0.5, 0.6) is 11.5 Å². The van der Waals surface area contributed by atoms with E-state index in [0.717, 1.165) is 0 Å². The monoisotopic (exact) mass is 385 g/mol. The summed E-state index contributed by atoms with van der Waals surface area (Å²) in [6.45, 7) is 2.50. The van der Waals surface area contributed by atoms with Crippen LogP contribution in [0.15, 0.2) is 24.3 Å². The van der Waals surface area contributed by atoms with Crippen molar-refractivity contribution >= 4 is 18.0 Å². The standard InChI is InChI=1S/C19H25F2NO5/c1-5-11-19(3,17(24)25-4)22-16(23)10-8-13-7-9-14(27-18(20)21)15(12-13)26-6-2/h7-10,12,18H,5-6,11H2,1-4H3,(H,22,23)/b10-8+. The summed E-state index contributed by atoms with van der Waals surface area (Å²) in [5, 5.41) is 2.64. The van der Waals surface area contributed by atoms with Crippen LogP contribution in [0.3, 0.4) is 0 Å². The minimum Gasteiger partial charge on any atom is -0.490 e. The third kappa shape index (κ3) is 6.88. The first kappa shape index (κ1) is 22.4. The number of carbonyl (C=O) groups excluding carboxylic acids is 2. The van der Waals surface area contributed by atoms with Crippen LogP contribution < -0.4 is 14.8 Å². The first-order valence-corrected chi connectivity index (χ1v) is 8.56. The lowest BCUT2D eigenvalue weighted by Crippen LogP contribution is -2.52. The molecule has 0 spiro atoms. The number of ether oxygens (including phenoxy) is 3. The molecule has 27 heavy (non-hydrogen) atoms. The Morgan fingerprint density at radius 1 is 1.26 bits per heavy atom. The van der Waals surface area contributed by atoms with Crippen molar-refractivity contribution in [2.24, 2.45) is 0 Å². The van der Waals surface area contributed by atoms with Gasteiger partial charge in [0.05, 0.1) is 13.7 Å². The maximum atomic E-state index is 12.4. The molecule has 0 saturated carbocycles. The van der Waals surface area contributed by atoms with Gasteiger partial charge >= 0.3 is 12.6 Å². The minimum atomic E-state index is -2.97. The fourth-order valence-electron chi connectivity index (χ4n) is 2.52. The summed E-state index contributed by atoms with van der Waals surface area (Å²) in [6.07, 6.45) is 3.83. The Morgan fingerprint density at radius 3 is 2.52 bits per heavy atom. The molecule has 0 bridgehead atoms. The molecule has 1 amide bonds. The van der Waals surface area contributed by atoms with Crippen LogP contribution in [0.1, 0.15) is 39.2 Å². The Labute approximate surface area is 157 Å². The Kier molecular flexibility index (Phi) is 8.71. The van der Waals surface area contributed by atoms with Crippen molar-refractivity contribution in [3.05, 3.63) is 29.8 Å². The van der Waals surface area contributed by atoms with Gasteiger partial charge in [0.15, 0.2) is 11.5 Å². The van der Waals surface area contributed by atoms with Gasteiger partial charge in [-0.05, 0) is 44.0 Å². The number of nitrogens with one attached hydrogen (secondary N) is 1. The molecule has 0 fully saturated rings. The van der Waals surface area contributed by atoms with Crippen LogP contribution in [0.2, 0.25) is 0 Å². The Morgan fingerprint density at radius 2 is 1.96 bits per heavy atom. The lowest BCUT2D eigenvalue weighted by atomic mass is 9.96. The third-order valence-electron chi connectivity index (χ3n) is 3.70. The number of alkyl halides is 2. The lowest BCUT2D eigenvalue weighted by Gasteiger charge is -2.26. The van der Waals surface area contributed by atoms with Crippen molar-refractivity contribution in [2.75, 3.05) is 13.7 Å². The number of hydrogen-bond acceptors (Lipinski definition) is 5. The molecule has 1 rings (SSSR count). The first-order chi connectivity index (χ1) is 12.8. The van der Waals surface area contributed by atoms with Gasteiger partial charge < -0.3 is 19.5 Å². The molecule has 1 aromatic carbocycles. The second-order valence-corrected chi connectivity index (χ2v) is 5.91. The molecule has 1 unspecified atom stereocenters. The zero-order valence-electron chi connectivity index (χ0n) is 15.9. The van der Waals surface area contributed by atoms with E-state index in [0.29, 0.717) is 18.4 Å². The summed E-state index contributed by atoms with van der Waals surface area (Å²) in [5.41, 5.74) is -0.582. The average Bonchev–Trinajstić information content (AvgIpc) is 2.61. The quantitative estimate of drug-likeness (QED) is 0.493. The van der Waals surface area contributed by atoms with Crippen LogP contribution in [-0.2, 0) is 14.3 Å². The molecule has 6 nitrogen and oxygen atoms in total. The molecule has 0 saturated heterocycles. The molecule has 1 aromatic rings. The van der Waals surface area contributed by atoms with Crippen LogP contribution in [0.4, 0.5) is 8.78 Å². The van der Waals surface area contributed by atoms with Gasteiger partial charge in [0.1, 0.15) is 5.54 Å². The van der Waals surface area contributed by atoms with Gasteiger partial charge in [-0.1, -0.05) is 19.4 Å². The van der Waals surface area contributed by atoms with Gasteiger partial charge in [0.2, 0.25) is 5.91 Å². The number of carbonyl (C=O) groups is 2. The molecule has 0 radical (unpaired) electrons. The van der Waals surface area contributed by atoms with Crippen molar-refractivity contribution < 1.29 is 32.6 Å². The maximum absolute atomic E-state index is 12.4. The van der Waals surface area contributed by atoms with Crippen molar-refractivity contribution in [1.82, 2.24) is 5.32 Å². The highest BCUT2D eigenvalue weighted by molar-refractivity contribution is 5.96. The summed E-state index contributed by atoms with van der Waals surface area (Å²) >= 11 is 0. The van der Waals surface area contributed by atoms with E-state index < -0.39 is 24.0 Å². The number of methoxy groups -OCH3 is 1. The molecular weight excluding hydrogens is 360 g/mol. The zero-order chi connectivity index (χ0) is 20.4. The van der Waals surface area contributed by atoms with E-state index in [1.165, 1.54) is 37.5 Å². The van der Waals surface area contributed by atoms with Gasteiger partial charge in [-0.25, -0.2) is 4.79 Å². The second kappa shape index (κ2) is 10.5. The molecule has 150 valence electrons. The number of rotatable bonds is 10. The Hall–Kier alpha value is -2.64. The SMILES string of the molecule is CCCC(C)(NC(=O)/C=C/c1ccc(OC(F)F)c(OCC)c1)C(=O)OC. The number of esters is 1. The molecular formula is C19H25F2NO5. The van der Waals surface area contributed by atoms with Crippen molar-refractivity contribution in [3.63, 3.8) is 0 Å². The summed E-state index contributed by atoms with van der Waals surface area (Å²) in [4.78, 5) is 24.1. The van der Waals surface area contributed by atoms with E-state index in [9.17, 15) is 18.4 Å². The summed E-state index contributed by atoms with van der Waals surface area (Å²) < 4.78 is 39.3. The zero-order valence-corrected chi connectivity index (χ0v) is 15.9. The topological polar surface area (TPSA) is 73.9 Å². The second-order valence-electron chi connectivity index (χ2n) is 5.91. The van der Waals surface area contributed by atoms with Crippen LogP contribution >= 0.6 is 0 Å². The van der Waals surface area contributed by atoms with Crippen molar-refractivity contribution in [3.8, 4) is 11.5 Å². The lowest BCUT2D eigenvalue weighted by molar-refractivity contribution is -0.150. The number of halogens is 2. The number of amides is 1. The molecule has 1 N–H and O–H groups in total. The highest BCUT2D eigenvalue weighted by atomic mass is 19.3. The Bertz CT molecular complexity index is 678. The highest BCUT2D eigenvalue weighted by Gasteiger charge is 2.34. The maximum Gasteiger partial charge on any atom is 0.387 e. The van der Waals surface area contributed by atoms with Gasteiger partial charge in [-0.15, -0.1) is 0 Å². The number of benzene rings is 1. The van der Waals surface area contributed by atoms with E-state index in [4.69, 9.17) is 9.47 Å².